The average molecular weight is 497 g/mol. The van der Waals surface area contributed by atoms with Crippen LogP contribution < -0.4 is 25.6 Å². The van der Waals surface area contributed by atoms with E-state index < -0.39 is 17.7 Å². The normalized spacial score (nSPS) is 13.2. The van der Waals surface area contributed by atoms with Gasteiger partial charge < -0.3 is 25.2 Å². The van der Waals surface area contributed by atoms with Crippen molar-refractivity contribution in [2.75, 3.05) is 53.6 Å². The van der Waals surface area contributed by atoms with Gasteiger partial charge in [-0.1, -0.05) is 6.07 Å². The Labute approximate surface area is 207 Å². The summed E-state index contributed by atoms with van der Waals surface area (Å²) in [5.74, 6) is -1.37. The molecule has 0 saturated carbocycles. The van der Waals surface area contributed by atoms with E-state index in [4.69, 9.17) is 4.74 Å². The van der Waals surface area contributed by atoms with E-state index in [0.29, 0.717) is 56.0 Å². The highest BCUT2D eigenvalue weighted by atomic mass is 19.1. The fourth-order valence-electron chi connectivity index (χ4n) is 3.73. The van der Waals surface area contributed by atoms with E-state index in [-0.39, 0.29) is 11.8 Å². The zero-order valence-corrected chi connectivity index (χ0v) is 19.6. The van der Waals surface area contributed by atoms with Crippen LogP contribution in [0.2, 0.25) is 0 Å². The molecule has 0 aliphatic carbocycles. The number of pyridine rings is 1. The standard InChI is InChI=1S/C25H26F2N6O3/c1-2-36-21-5-3-4-19(15-21)30-24(34)29-18-6-8-20(9-7-18)32-10-12-33(13-11-32)25(35)31-23-22(27)14-17(26)16-28-23/h3-9,14-16H,2,10-13H2,1H3,(H,28,31,35)(H2,29,30,34). The van der Waals surface area contributed by atoms with E-state index in [1.54, 1.807) is 35.2 Å². The Morgan fingerprint density at radius 2 is 1.67 bits per heavy atom. The smallest absolute Gasteiger partial charge is 0.323 e. The lowest BCUT2D eigenvalue weighted by Gasteiger charge is -2.36. The number of aromatic nitrogens is 1. The monoisotopic (exact) mass is 496 g/mol. The molecule has 4 rings (SSSR count). The van der Waals surface area contributed by atoms with Gasteiger partial charge in [0.25, 0.3) is 0 Å². The summed E-state index contributed by atoms with van der Waals surface area (Å²) in [5, 5.41) is 7.95. The summed E-state index contributed by atoms with van der Waals surface area (Å²) in [6.07, 6.45) is 0.846. The zero-order chi connectivity index (χ0) is 25.5. The summed E-state index contributed by atoms with van der Waals surface area (Å²) < 4.78 is 32.2. The highest BCUT2D eigenvalue weighted by molar-refractivity contribution is 6.00. The Kier molecular flexibility index (Phi) is 7.79. The number of nitrogens with one attached hydrogen (secondary N) is 3. The third-order valence-corrected chi connectivity index (χ3v) is 5.49. The van der Waals surface area contributed by atoms with Crippen LogP contribution in [0.4, 0.5) is 41.2 Å². The van der Waals surface area contributed by atoms with Crippen molar-refractivity contribution in [2.24, 2.45) is 0 Å². The highest BCUT2D eigenvalue weighted by Crippen LogP contribution is 2.21. The first-order valence-corrected chi connectivity index (χ1v) is 11.4. The maximum absolute atomic E-state index is 13.7. The molecule has 1 aliphatic rings. The molecule has 0 radical (unpaired) electrons. The van der Waals surface area contributed by atoms with Crippen molar-refractivity contribution in [1.82, 2.24) is 9.88 Å². The van der Waals surface area contributed by atoms with Gasteiger partial charge in [-0.15, -0.1) is 0 Å². The summed E-state index contributed by atoms with van der Waals surface area (Å²) in [6.45, 7) is 4.39. The number of hydrogen-bond donors (Lipinski definition) is 3. The van der Waals surface area contributed by atoms with Crippen LogP contribution >= 0.6 is 0 Å². The minimum absolute atomic E-state index is 0.307. The molecule has 11 heteroatoms. The first-order chi connectivity index (χ1) is 17.4. The fourth-order valence-corrected chi connectivity index (χ4v) is 3.73. The number of ether oxygens (including phenoxy) is 1. The molecule has 3 N–H and O–H groups in total. The van der Waals surface area contributed by atoms with Crippen LogP contribution in [0.3, 0.4) is 0 Å². The van der Waals surface area contributed by atoms with E-state index in [2.05, 4.69) is 25.8 Å². The van der Waals surface area contributed by atoms with Gasteiger partial charge in [0, 0.05) is 55.4 Å². The predicted molar refractivity (Wildman–Crippen MR) is 134 cm³/mol. The molecule has 1 aromatic heterocycles. The summed E-state index contributed by atoms with van der Waals surface area (Å²) in [5.41, 5.74) is 2.19. The van der Waals surface area contributed by atoms with E-state index in [1.807, 2.05) is 25.1 Å². The molecule has 1 fully saturated rings. The number of halogens is 2. The number of hydrogen-bond acceptors (Lipinski definition) is 5. The van der Waals surface area contributed by atoms with Gasteiger partial charge in [-0.2, -0.15) is 0 Å². The predicted octanol–water partition coefficient (Wildman–Crippen LogP) is 4.76. The topological polar surface area (TPSA) is 98.8 Å². The second kappa shape index (κ2) is 11.3. The molecule has 2 heterocycles. The number of amides is 4. The third-order valence-electron chi connectivity index (χ3n) is 5.49. The first-order valence-electron chi connectivity index (χ1n) is 11.4. The minimum atomic E-state index is -0.927. The molecular weight excluding hydrogens is 470 g/mol. The molecule has 188 valence electrons. The molecule has 1 aliphatic heterocycles. The largest absolute Gasteiger partial charge is 0.494 e. The number of nitrogens with zero attached hydrogens (tertiary/aromatic N) is 3. The number of benzene rings is 2. The van der Waals surface area contributed by atoms with Crippen molar-refractivity contribution in [2.45, 2.75) is 6.92 Å². The van der Waals surface area contributed by atoms with Gasteiger partial charge in [-0.05, 0) is 43.3 Å². The average Bonchev–Trinajstić information content (AvgIpc) is 2.87. The lowest BCUT2D eigenvalue weighted by Crippen LogP contribution is -2.50. The van der Waals surface area contributed by atoms with Gasteiger partial charge in [0.15, 0.2) is 11.6 Å². The van der Waals surface area contributed by atoms with Gasteiger partial charge in [0.05, 0.1) is 12.8 Å². The Morgan fingerprint density at radius 1 is 0.944 bits per heavy atom. The Hall–Kier alpha value is -4.41. The lowest BCUT2D eigenvalue weighted by atomic mass is 10.2. The Bertz CT molecular complexity index is 1220. The second-order valence-corrected chi connectivity index (χ2v) is 7.98. The van der Waals surface area contributed by atoms with Crippen LogP contribution in [0.1, 0.15) is 6.92 Å². The maximum Gasteiger partial charge on any atom is 0.323 e. The Balaban J connectivity index is 1.26. The van der Waals surface area contributed by atoms with Crippen molar-refractivity contribution >= 4 is 34.9 Å². The van der Waals surface area contributed by atoms with E-state index in [0.717, 1.165) is 11.9 Å². The van der Waals surface area contributed by atoms with Gasteiger partial charge >= 0.3 is 12.1 Å². The van der Waals surface area contributed by atoms with Gasteiger partial charge in [-0.25, -0.2) is 23.4 Å². The highest BCUT2D eigenvalue weighted by Gasteiger charge is 2.22. The molecule has 36 heavy (non-hydrogen) atoms. The molecule has 4 amide bonds. The van der Waals surface area contributed by atoms with Crippen LogP contribution in [0.25, 0.3) is 0 Å². The fraction of sp³-hybridized carbons (Fsp3) is 0.240. The molecule has 0 spiro atoms. The molecule has 3 aromatic rings. The van der Waals surface area contributed by atoms with Crippen molar-refractivity contribution in [3.63, 3.8) is 0 Å². The summed E-state index contributed by atoms with van der Waals surface area (Å²) in [6, 6.07) is 14.3. The number of carbonyl (C=O) groups is 2. The van der Waals surface area contributed by atoms with E-state index in [9.17, 15) is 18.4 Å². The molecule has 0 atom stereocenters. The van der Waals surface area contributed by atoms with Gasteiger partial charge in [0.1, 0.15) is 11.6 Å². The SMILES string of the molecule is CCOc1cccc(NC(=O)Nc2ccc(N3CCN(C(=O)Nc4ncc(F)cc4F)CC3)cc2)c1. The lowest BCUT2D eigenvalue weighted by molar-refractivity contribution is 0.208. The summed E-state index contributed by atoms with van der Waals surface area (Å²) in [7, 11) is 0. The van der Waals surface area contributed by atoms with Crippen LogP contribution in [-0.2, 0) is 0 Å². The summed E-state index contributed by atoms with van der Waals surface area (Å²) >= 11 is 0. The minimum Gasteiger partial charge on any atom is -0.494 e. The molecule has 9 nitrogen and oxygen atoms in total. The zero-order valence-electron chi connectivity index (χ0n) is 19.6. The molecular formula is C25H26F2N6O3. The number of carbonyl (C=O) groups excluding carboxylic acids is 2. The number of anilines is 4. The quantitative estimate of drug-likeness (QED) is 0.457. The molecule has 1 saturated heterocycles. The van der Waals surface area contributed by atoms with Crippen molar-refractivity contribution < 1.29 is 23.1 Å². The third kappa shape index (κ3) is 6.38. The molecule has 0 unspecified atom stereocenters. The van der Waals surface area contributed by atoms with Crippen LogP contribution in [0, 0.1) is 11.6 Å². The Morgan fingerprint density at radius 3 is 2.36 bits per heavy atom. The van der Waals surface area contributed by atoms with Crippen molar-refractivity contribution in [3.05, 3.63) is 72.4 Å². The molecule has 2 aromatic carbocycles. The molecule has 0 bridgehead atoms. The van der Waals surface area contributed by atoms with Crippen LogP contribution in [-0.4, -0.2) is 54.7 Å². The van der Waals surface area contributed by atoms with Crippen molar-refractivity contribution in [1.29, 1.82) is 0 Å². The number of piperazine rings is 1. The number of urea groups is 2. The van der Waals surface area contributed by atoms with E-state index >= 15 is 0 Å². The second-order valence-electron chi connectivity index (χ2n) is 7.98. The van der Waals surface area contributed by atoms with Gasteiger partial charge in [-0.3, -0.25) is 5.32 Å². The maximum atomic E-state index is 13.7. The number of rotatable bonds is 6. The van der Waals surface area contributed by atoms with Gasteiger partial charge in [0.2, 0.25) is 0 Å². The van der Waals surface area contributed by atoms with E-state index in [1.165, 1.54) is 0 Å². The van der Waals surface area contributed by atoms with Crippen molar-refractivity contribution in [3.8, 4) is 5.75 Å². The summed E-state index contributed by atoms with van der Waals surface area (Å²) in [4.78, 5) is 32.0. The first kappa shape index (κ1) is 24.7. The van der Waals surface area contributed by atoms with Crippen LogP contribution in [0.5, 0.6) is 5.75 Å². The van der Waals surface area contributed by atoms with Crippen LogP contribution in [0.15, 0.2) is 60.8 Å².